The second kappa shape index (κ2) is 10.3. The molecule has 6 heteroatoms. The average molecular weight is 511 g/mol. The minimum Gasteiger partial charge on any atom is -0.308 e. The second-order valence-corrected chi connectivity index (χ2v) is 13.4. The molecule has 1 atom stereocenters. The maximum Gasteiger partial charge on any atom is 0.264 e. The zero-order valence-electron chi connectivity index (χ0n) is 20.4. The van der Waals surface area contributed by atoms with E-state index in [0.29, 0.717) is 22.5 Å². The van der Waals surface area contributed by atoms with E-state index in [2.05, 4.69) is 48.0 Å². The zero-order valence-corrected chi connectivity index (χ0v) is 22.1. The van der Waals surface area contributed by atoms with Gasteiger partial charge in [0.15, 0.2) is 7.14 Å². The van der Waals surface area contributed by atoms with Crippen LogP contribution in [0.1, 0.15) is 12.5 Å². The number of hydrogen-bond acceptors (Lipinski definition) is 3. The fourth-order valence-electron chi connectivity index (χ4n) is 4.46. The maximum absolute atomic E-state index is 15.2. The lowest BCUT2D eigenvalue weighted by Gasteiger charge is -2.43. The Morgan fingerprint density at radius 3 is 1.72 bits per heavy atom. The Labute approximate surface area is 214 Å². The third kappa shape index (κ3) is 4.32. The van der Waals surface area contributed by atoms with Gasteiger partial charge < -0.3 is 9.24 Å². The average Bonchev–Trinajstić information content (AvgIpc) is 2.94. The van der Waals surface area contributed by atoms with Crippen LogP contribution in [0.15, 0.2) is 127 Å². The van der Waals surface area contributed by atoms with E-state index in [1.165, 1.54) is 0 Å². The summed E-state index contributed by atoms with van der Waals surface area (Å²) >= 11 is 0. The van der Waals surface area contributed by atoms with Gasteiger partial charge in [-0.2, -0.15) is 0 Å². The van der Waals surface area contributed by atoms with Gasteiger partial charge in [0.1, 0.15) is 13.5 Å². The number of amides is 1. The fourth-order valence-corrected chi connectivity index (χ4v) is 9.66. The summed E-state index contributed by atoms with van der Waals surface area (Å²) < 4.78 is 19.2. The van der Waals surface area contributed by atoms with E-state index in [1.807, 2.05) is 96.7 Å². The quantitative estimate of drug-likeness (QED) is 0.292. The van der Waals surface area contributed by atoms with E-state index < -0.39 is 15.4 Å². The molecule has 0 aromatic heterocycles. The standard InChI is InChI=1S/C30H28N2O2P2/c1-3-31-30(33)29(36(34,27-15-9-5-10-16-27)28-17-11-6-12-18-28)23-32(25-21-19-24(2)20-22-25)35(31)26-13-7-4-8-14-26/h4-23H,3H2,1-2H3. The molecular weight excluding hydrogens is 482 g/mol. The molecule has 1 unspecified atom stereocenters. The summed E-state index contributed by atoms with van der Waals surface area (Å²) in [6.07, 6.45) is 1.86. The van der Waals surface area contributed by atoms with Gasteiger partial charge in [0.05, 0.1) is 0 Å². The van der Waals surface area contributed by atoms with Crippen LogP contribution in [0, 0.1) is 6.92 Å². The van der Waals surface area contributed by atoms with Gasteiger partial charge in [0, 0.05) is 34.3 Å². The Morgan fingerprint density at radius 1 is 0.722 bits per heavy atom. The van der Waals surface area contributed by atoms with Crippen LogP contribution in [0.5, 0.6) is 0 Å². The molecule has 0 radical (unpaired) electrons. The molecule has 1 aliphatic rings. The Morgan fingerprint density at radius 2 is 1.22 bits per heavy atom. The second-order valence-electron chi connectivity index (χ2n) is 8.62. The van der Waals surface area contributed by atoms with Crippen molar-refractivity contribution in [1.82, 2.24) is 4.67 Å². The number of carbonyl (C=O) groups excluding carboxylic acids is 1. The van der Waals surface area contributed by atoms with Gasteiger partial charge >= 0.3 is 0 Å². The molecule has 4 aromatic carbocycles. The van der Waals surface area contributed by atoms with Gasteiger partial charge in [-0.25, -0.2) is 0 Å². The number of rotatable bonds is 6. The number of benzene rings is 4. The summed E-state index contributed by atoms with van der Waals surface area (Å²) in [4.78, 5) is 14.2. The van der Waals surface area contributed by atoms with Crippen molar-refractivity contribution in [2.24, 2.45) is 0 Å². The van der Waals surface area contributed by atoms with Crippen LogP contribution >= 0.6 is 15.4 Å². The van der Waals surface area contributed by atoms with Crippen molar-refractivity contribution < 1.29 is 9.36 Å². The van der Waals surface area contributed by atoms with E-state index in [1.54, 1.807) is 0 Å². The largest absolute Gasteiger partial charge is 0.308 e. The van der Waals surface area contributed by atoms with Crippen LogP contribution in [0.4, 0.5) is 5.69 Å². The van der Waals surface area contributed by atoms with E-state index in [9.17, 15) is 4.79 Å². The van der Waals surface area contributed by atoms with Gasteiger partial charge in [-0.1, -0.05) is 109 Å². The molecule has 36 heavy (non-hydrogen) atoms. The Hall–Kier alpha value is -3.45. The van der Waals surface area contributed by atoms with E-state index in [-0.39, 0.29) is 5.91 Å². The lowest BCUT2D eigenvalue weighted by molar-refractivity contribution is -0.121. The molecule has 4 aromatic rings. The van der Waals surface area contributed by atoms with Crippen molar-refractivity contribution >= 4 is 42.9 Å². The fraction of sp³-hybridized carbons (Fsp3) is 0.100. The minimum atomic E-state index is -3.45. The molecule has 0 saturated carbocycles. The Balaban J connectivity index is 1.78. The highest BCUT2D eigenvalue weighted by Gasteiger charge is 2.45. The lowest BCUT2D eigenvalue weighted by atomic mass is 10.2. The van der Waals surface area contributed by atoms with Gasteiger partial charge in [-0.3, -0.25) is 9.46 Å². The smallest absolute Gasteiger partial charge is 0.264 e. The summed E-state index contributed by atoms with van der Waals surface area (Å²) in [6.45, 7) is 4.55. The minimum absolute atomic E-state index is 0.174. The number of aryl methyl sites for hydroxylation is 1. The zero-order chi connectivity index (χ0) is 25.1. The molecule has 0 spiro atoms. The lowest BCUT2D eigenvalue weighted by Crippen LogP contribution is -2.42. The van der Waals surface area contributed by atoms with Crippen LogP contribution in [0.3, 0.4) is 0 Å². The summed E-state index contributed by atoms with van der Waals surface area (Å²) in [5.74, 6) is -0.174. The Kier molecular flexibility index (Phi) is 6.92. The van der Waals surface area contributed by atoms with Crippen LogP contribution < -0.4 is 20.6 Å². The molecule has 1 heterocycles. The van der Waals surface area contributed by atoms with Crippen molar-refractivity contribution in [1.29, 1.82) is 0 Å². The first kappa shape index (κ1) is 24.3. The molecule has 1 aliphatic heterocycles. The number of likely N-dealkylation sites (N-methyl/N-ethyl adjacent to an activating group) is 1. The number of carbonyl (C=O) groups is 1. The van der Waals surface area contributed by atoms with E-state index in [0.717, 1.165) is 16.6 Å². The van der Waals surface area contributed by atoms with Crippen molar-refractivity contribution in [2.75, 3.05) is 11.2 Å². The normalized spacial score (nSPS) is 16.1. The molecule has 0 fully saturated rings. The summed E-state index contributed by atoms with van der Waals surface area (Å²) in [7, 11) is -4.66. The van der Waals surface area contributed by atoms with Crippen LogP contribution in [-0.2, 0) is 9.36 Å². The highest BCUT2D eigenvalue weighted by Crippen LogP contribution is 2.59. The molecule has 0 aliphatic carbocycles. The molecule has 0 saturated heterocycles. The van der Waals surface area contributed by atoms with Crippen molar-refractivity contribution in [3.8, 4) is 0 Å². The third-order valence-electron chi connectivity index (χ3n) is 6.29. The first-order chi connectivity index (χ1) is 17.5. The SMILES string of the molecule is CCN1C(=O)C(P(=O)(c2ccccc2)c2ccccc2)=CN(c2ccc(C)cc2)P1c1ccccc1. The molecule has 0 N–H and O–H groups in total. The summed E-state index contributed by atoms with van der Waals surface area (Å²) in [6, 6.07) is 37.2. The van der Waals surface area contributed by atoms with Crippen LogP contribution in [0.25, 0.3) is 0 Å². The molecule has 180 valence electrons. The Bertz CT molecular complexity index is 1380. The summed E-state index contributed by atoms with van der Waals surface area (Å²) in [5, 5.41) is 2.70. The van der Waals surface area contributed by atoms with Crippen LogP contribution in [-0.4, -0.2) is 17.1 Å². The predicted molar refractivity (Wildman–Crippen MR) is 152 cm³/mol. The topological polar surface area (TPSA) is 40.6 Å². The van der Waals surface area contributed by atoms with Crippen molar-refractivity contribution in [3.63, 3.8) is 0 Å². The van der Waals surface area contributed by atoms with E-state index in [4.69, 9.17) is 0 Å². The molecular formula is C30H28N2O2P2. The highest BCUT2D eigenvalue weighted by atomic mass is 31.2. The predicted octanol–water partition coefficient (Wildman–Crippen LogP) is 6.16. The number of nitrogens with zero attached hydrogens (tertiary/aromatic N) is 2. The van der Waals surface area contributed by atoms with Gasteiger partial charge in [-0.05, 0) is 26.0 Å². The monoisotopic (exact) mass is 510 g/mol. The molecule has 4 nitrogen and oxygen atoms in total. The number of hydrogen-bond donors (Lipinski definition) is 0. The van der Waals surface area contributed by atoms with Gasteiger partial charge in [-0.15, -0.1) is 0 Å². The first-order valence-electron chi connectivity index (χ1n) is 12.0. The molecule has 1 amide bonds. The third-order valence-corrected chi connectivity index (χ3v) is 11.8. The highest BCUT2D eigenvalue weighted by molar-refractivity contribution is 7.83. The van der Waals surface area contributed by atoms with Crippen molar-refractivity contribution in [3.05, 3.63) is 132 Å². The number of anilines is 1. The van der Waals surface area contributed by atoms with Crippen LogP contribution in [0.2, 0.25) is 0 Å². The maximum atomic E-state index is 15.2. The van der Waals surface area contributed by atoms with Gasteiger partial charge in [0.25, 0.3) is 5.91 Å². The van der Waals surface area contributed by atoms with Crippen molar-refractivity contribution in [2.45, 2.75) is 13.8 Å². The molecule has 0 bridgehead atoms. The summed E-state index contributed by atoms with van der Waals surface area (Å²) in [5.41, 5.74) is 2.12. The van der Waals surface area contributed by atoms with Gasteiger partial charge in [0.2, 0.25) is 0 Å². The first-order valence-corrected chi connectivity index (χ1v) is 15.0. The molecule has 5 rings (SSSR count). The van der Waals surface area contributed by atoms with E-state index >= 15 is 4.57 Å².